The first-order valence-corrected chi connectivity index (χ1v) is 7.32. The summed E-state index contributed by atoms with van der Waals surface area (Å²) < 4.78 is 24.0. The molecule has 1 aromatic heterocycles. The van der Waals surface area contributed by atoms with Crippen LogP contribution in [0.15, 0.2) is 17.2 Å². The molecule has 1 amide bonds. The molecule has 100 valence electrons. The summed E-state index contributed by atoms with van der Waals surface area (Å²) in [5, 5.41) is 5.05. The SMILES string of the molecule is CC1CCN(C(=O)c2cc(S(N)(=O)=O)cn2C)C1. The predicted molar refractivity (Wildman–Crippen MR) is 66.5 cm³/mol. The Kier molecular flexibility index (Phi) is 3.20. The second-order valence-electron chi connectivity index (χ2n) is 4.86. The lowest BCUT2D eigenvalue weighted by atomic mass is 10.2. The molecule has 1 aliphatic heterocycles. The van der Waals surface area contributed by atoms with Crippen LogP contribution in [0.25, 0.3) is 0 Å². The summed E-state index contributed by atoms with van der Waals surface area (Å²) >= 11 is 0. The van der Waals surface area contributed by atoms with E-state index in [1.165, 1.54) is 16.8 Å². The molecular weight excluding hydrogens is 254 g/mol. The molecule has 18 heavy (non-hydrogen) atoms. The number of carbonyl (C=O) groups excluding carboxylic acids is 1. The maximum absolute atomic E-state index is 12.2. The van der Waals surface area contributed by atoms with Gasteiger partial charge >= 0.3 is 0 Å². The van der Waals surface area contributed by atoms with Crippen LogP contribution in [0.1, 0.15) is 23.8 Å². The van der Waals surface area contributed by atoms with Gasteiger partial charge in [-0.05, 0) is 18.4 Å². The second-order valence-corrected chi connectivity index (χ2v) is 6.42. The molecule has 6 nitrogen and oxygen atoms in total. The molecule has 0 bridgehead atoms. The largest absolute Gasteiger partial charge is 0.345 e. The predicted octanol–water partition coefficient (Wildman–Crippen LogP) is 0.154. The first kappa shape index (κ1) is 13.1. The summed E-state index contributed by atoms with van der Waals surface area (Å²) in [6, 6.07) is 1.33. The molecule has 1 unspecified atom stereocenters. The summed E-state index contributed by atoms with van der Waals surface area (Å²) in [7, 11) is -2.12. The maximum atomic E-state index is 12.2. The highest BCUT2D eigenvalue weighted by atomic mass is 32.2. The number of hydrogen-bond acceptors (Lipinski definition) is 3. The standard InChI is InChI=1S/C11H17N3O3S/c1-8-3-4-14(6-8)11(15)10-5-9(7-13(10)2)18(12,16)17/h5,7-8H,3-4,6H2,1-2H3,(H2,12,16,17). The number of amides is 1. The minimum atomic E-state index is -3.76. The number of rotatable bonds is 2. The summed E-state index contributed by atoms with van der Waals surface area (Å²) in [5.74, 6) is 0.351. The molecular formula is C11H17N3O3S. The molecule has 2 N–H and O–H groups in total. The first-order valence-electron chi connectivity index (χ1n) is 5.77. The topological polar surface area (TPSA) is 85.4 Å². The summed E-state index contributed by atoms with van der Waals surface area (Å²) in [6.07, 6.45) is 2.35. The van der Waals surface area contributed by atoms with E-state index < -0.39 is 10.0 Å². The van der Waals surface area contributed by atoms with E-state index in [1.807, 2.05) is 0 Å². The Bertz CT molecular complexity index is 576. The van der Waals surface area contributed by atoms with Crippen LogP contribution < -0.4 is 5.14 Å². The number of nitrogens with zero attached hydrogens (tertiary/aromatic N) is 2. The van der Waals surface area contributed by atoms with Crippen molar-refractivity contribution in [3.05, 3.63) is 18.0 Å². The van der Waals surface area contributed by atoms with Crippen LogP contribution >= 0.6 is 0 Å². The smallest absolute Gasteiger partial charge is 0.270 e. The summed E-state index contributed by atoms with van der Waals surface area (Å²) in [4.78, 5) is 13.9. The number of likely N-dealkylation sites (tertiary alicyclic amines) is 1. The third-order valence-corrected chi connectivity index (χ3v) is 4.12. The van der Waals surface area contributed by atoms with Crippen LogP contribution in [-0.2, 0) is 17.1 Å². The third kappa shape index (κ3) is 2.41. The van der Waals surface area contributed by atoms with Crippen LogP contribution in [0.4, 0.5) is 0 Å². The van der Waals surface area contributed by atoms with Crippen molar-refractivity contribution >= 4 is 15.9 Å². The van der Waals surface area contributed by atoms with E-state index in [1.54, 1.807) is 11.9 Å². The lowest BCUT2D eigenvalue weighted by Crippen LogP contribution is -2.29. The summed E-state index contributed by atoms with van der Waals surface area (Å²) in [5.41, 5.74) is 0.355. The Morgan fingerprint density at radius 3 is 2.61 bits per heavy atom. The summed E-state index contributed by atoms with van der Waals surface area (Å²) in [6.45, 7) is 3.53. The Morgan fingerprint density at radius 1 is 1.50 bits per heavy atom. The lowest BCUT2D eigenvalue weighted by Gasteiger charge is -2.15. The van der Waals surface area contributed by atoms with Crippen molar-refractivity contribution in [2.45, 2.75) is 18.2 Å². The molecule has 0 spiro atoms. The normalized spacial score (nSPS) is 20.4. The van der Waals surface area contributed by atoms with Crippen LogP contribution in [0.5, 0.6) is 0 Å². The average molecular weight is 271 g/mol. The van der Waals surface area contributed by atoms with Gasteiger partial charge in [-0.1, -0.05) is 6.92 Å². The van der Waals surface area contributed by atoms with Crippen LogP contribution in [-0.4, -0.2) is 36.9 Å². The molecule has 1 aromatic rings. The van der Waals surface area contributed by atoms with Gasteiger partial charge in [0, 0.05) is 26.3 Å². The molecule has 2 heterocycles. The molecule has 1 atom stereocenters. The fourth-order valence-corrected chi connectivity index (χ4v) is 2.76. The van der Waals surface area contributed by atoms with Gasteiger partial charge in [-0.2, -0.15) is 0 Å². The van der Waals surface area contributed by atoms with Crippen LogP contribution in [0, 0.1) is 5.92 Å². The van der Waals surface area contributed by atoms with E-state index in [2.05, 4.69) is 6.92 Å². The van der Waals surface area contributed by atoms with Crippen molar-refractivity contribution < 1.29 is 13.2 Å². The number of aryl methyl sites for hydroxylation is 1. The van der Waals surface area contributed by atoms with E-state index in [9.17, 15) is 13.2 Å². The highest BCUT2D eigenvalue weighted by molar-refractivity contribution is 7.89. The lowest BCUT2D eigenvalue weighted by molar-refractivity contribution is 0.0778. The molecule has 1 aliphatic rings. The fraction of sp³-hybridized carbons (Fsp3) is 0.545. The minimum Gasteiger partial charge on any atom is -0.345 e. The van der Waals surface area contributed by atoms with Crippen molar-refractivity contribution in [1.29, 1.82) is 0 Å². The fourth-order valence-electron chi connectivity index (χ4n) is 2.18. The second kappa shape index (κ2) is 4.40. The highest BCUT2D eigenvalue weighted by Crippen LogP contribution is 2.19. The van der Waals surface area contributed by atoms with Gasteiger partial charge in [0.2, 0.25) is 10.0 Å². The minimum absolute atomic E-state index is 0.0272. The number of aromatic nitrogens is 1. The van der Waals surface area contributed by atoms with Gasteiger partial charge in [-0.3, -0.25) is 4.79 Å². The van der Waals surface area contributed by atoms with Crippen molar-refractivity contribution in [3.63, 3.8) is 0 Å². The quantitative estimate of drug-likeness (QED) is 0.831. The van der Waals surface area contributed by atoms with E-state index in [4.69, 9.17) is 5.14 Å². The van der Waals surface area contributed by atoms with Crippen LogP contribution in [0.3, 0.4) is 0 Å². The van der Waals surface area contributed by atoms with Crippen molar-refractivity contribution in [2.75, 3.05) is 13.1 Å². The Balaban J connectivity index is 2.29. The average Bonchev–Trinajstić information content (AvgIpc) is 2.83. The van der Waals surface area contributed by atoms with Gasteiger partial charge in [0.05, 0.1) is 0 Å². The van der Waals surface area contributed by atoms with E-state index in [0.29, 0.717) is 18.2 Å². The van der Waals surface area contributed by atoms with E-state index in [-0.39, 0.29) is 10.8 Å². The van der Waals surface area contributed by atoms with Gasteiger partial charge in [-0.15, -0.1) is 0 Å². The van der Waals surface area contributed by atoms with Crippen molar-refractivity contribution in [2.24, 2.45) is 18.1 Å². The molecule has 0 aliphatic carbocycles. The first-order chi connectivity index (χ1) is 8.29. The van der Waals surface area contributed by atoms with Gasteiger partial charge in [0.25, 0.3) is 5.91 Å². The molecule has 7 heteroatoms. The Labute approximate surface area is 106 Å². The zero-order valence-corrected chi connectivity index (χ0v) is 11.3. The number of hydrogen-bond donors (Lipinski definition) is 1. The van der Waals surface area contributed by atoms with E-state index >= 15 is 0 Å². The van der Waals surface area contributed by atoms with Crippen LogP contribution in [0.2, 0.25) is 0 Å². The molecule has 1 fully saturated rings. The van der Waals surface area contributed by atoms with Gasteiger partial charge in [0.15, 0.2) is 0 Å². The Morgan fingerprint density at radius 2 is 2.17 bits per heavy atom. The van der Waals surface area contributed by atoms with E-state index in [0.717, 1.165) is 13.0 Å². The zero-order chi connectivity index (χ0) is 13.5. The number of primary sulfonamides is 1. The molecule has 2 rings (SSSR count). The molecule has 0 saturated carbocycles. The van der Waals surface area contributed by atoms with Crippen molar-refractivity contribution in [3.8, 4) is 0 Å². The monoisotopic (exact) mass is 271 g/mol. The number of carbonyl (C=O) groups is 1. The molecule has 0 radical (unpaired) electrons. The van der Waals surface area contributed by atoms with Gasteiger partial charge in [0.1, 0.15) is 10.6 Å². The highest BCUT2D eigenvalue weighted by Gasteiger charge is 2.27. The number of sulfonamides is 1. The van der Waals surface area contributed by atoms with Gasteiger partial charge < -0.3 is 9.47 Å². The van der Waals surface area contributed by atoms with Gasteiger partial charge in [-0.25, -0.2) is 13.6 Å². The Hall–Kier alpha value is -1.34. The van der Waals surface area contributed by atoms with Crippen molar-refractivity contribution in [1.82, 2.24) is 9.47 Å². The molecule has 0 aromatic carbocycles. The maximum Gasteiger partial charge on any atom is 0.270 e. The number of nitrogens with two attached hydrogens (primary N) is 1. The molecule has 1 saturated heterocycles. The zero-order valence-electron chi connectivity index (χ0n) is 10.5. The third-order valence-electron chi connectivity index (χ3n) is 3.24.